The zero-order chi connectivity index (χ0) is 11.5. The van der Waals surface area contributed by atoms with Crippen molar-refractivity contribution in [1.82, 2.24) is 10.2 Å². The number of nitrogens with zero attached hydrogens (tertiary/aromatic N) is 2. The van der Waals surface area contributed by atoms with Crippen LogP contribution in [0.4, 0.5) is 0 Å². The molecule has 0 aliphatic carbocycles. The van der Waals surface area contributed by atoms with E-state index in [1.165, 1.54) is 16.9 Å². The van der Waals surface area contributed by atoms with Gasteiger partial charge in [0.25, 0.3) is 0 Å². The first-order valence-electron chi connectivity index (χ1n) is 4.92. The number of ether oxygens (including phenoxy) is 1. The molecule has 1 heterocycles. The van der Waals surface area contributed by atoms with Gasteiger partial charge in [0, 0.05) is 6.54 Å². The number of hydrogen-bond acceptors (Lipinski definition) is 5. The molecule has 1 aromatic heterocycles. The largest absolute Gasteiger partial charge is 0.496 e. The van der Waals surface area contributed by atoms with Crippen LogP contribution < -0.4 is 10.5 Å². The zero-order valence-corrected chi connectivity index (χ0v) is 10.0. The van der Waals surface area contributed by atoms with Gasteiger partial charge in [-0.2, -0.15) is 0 Å². The Balaban J connectivity index is 2.49. The maximum atomic E-state index is 5.52. The number of aryl methyl sites for hydroxylation is 1. The summed E-state index contributed by atoms with van der Waals surface area (Å²) in [6.45, 7) is 2.46. The monoisotopic (exact) mass is 235 g/mol. The normalized spacial score (nSPS) is 10.4. The zero-order valence-electron chi connectivity index (χ0n) is 9.23. The lowest BCUT2D eigenvalue weighted by atomic mass is 10.1. The van der Waals surface area contributed by atoms with Gasteiger partial charge in [-0.1, -0.05) is 23.0 Å². The third-order valence-corrected chi connectivity index (χ3v) is 3.21. The van der Waals surface area contributed by atoms with Crippen molar-refractivity contribution in [3.63, 3.8) is 0 Å². The minimum atomic E-state index is 0.422. The highest BCUT2D eigenvalue weighted by molar-refractivity contribution is 7.14. The molecule has 84 valence electrons. The van der Waals surface area contributed by atoms with Gasteiger partial charge in [0.05, 0.1) is 12.7 Å². The quantitative estimate of drug-likeness (QED) is 0.883. The van der Waals surface area contributed by atoms with Crippen LogP contribution in [0.3, 0.4) is 0 Å². The average molecular weight is 235 g/mol. The van der Waals surface area contributed by atoms with Crippen LogP contribution in [-0.4, -0.2) is 17.3 Å². The summed E-state index contributed by atoms with van der Waals surface area (Å²) in [5.74, 6) is 0.810. The van der Waals surface area contributed by atoms with Crippen LogP contribution in [0.1, 0.15) is 10.6 Å². The Morgan fingerprint density at radius 3 is 2.81 bits per heavy atom. The lowest BCUT2D eigenvalue weighted by molar-refractivity contribution is 0.416. The molecule has 0 unspecified atom stereocenters. The Morgan fingerprint density at radius 1 is 1.38 bits per heavy atom. The fourth-order valence-electron chi connectivity index (χ4n) is 1.43. The van der Waals surface area contributed by atoms with Crippen molar-refractivity contribution in [2.24, 2.45) is 5.73 Å². The van der Waals surface area contributed by atoms with Crippen molar-refractivity contribution in [1.29, 1.82) is 0 Å². The summed E-state index contributed by atoms with van der Waals surface area (Å²) < 4.78 is 5.31. The average Bonchev–Trinajstić information content (AvgIpc) is 2.77. The van der Waals surface area contributed by atoms with Crippen molar-refractivity contribution in [2.45, 2.75) is 13.5 Å². The summed E-state index contributed by atoms with van der Waals surface area (Å²) in [6.07, 6.45) is 0. The molecule has 16 heavy (non-hydrogen) atoms. The summed E-state index contributed by atoms with van der Waals surface area (Å²) in [5, 5.41) is 9.80. The number of methoxy groups -OCH3 is 1. The standard InChI is InChI=1S/C11H13N3OS/c1-7-3-4-9(15-2)8(5-7)11-14-13-10(6-12)16-11/h3-5H,6,12H2,1-2H3. The maximum Gasteiger partial charge on any atom is 0.151 e. The number of aromatic nitrogens is 2. The van der Waals surface area contributed by atoms with Crippen molar-refractivity contribution in [3.05, 3.63) is 28.8 Å². The van der Waals surface area contributed by atoms with Crippen LogP contribution >= 0.6 is 11.3 Å². The van der Waals surface area contributed by atoms with E-state index >= 15 is 0 Å². The maximum absolute atomic E-state index is 5.52. The summed E-state index contributed by atoms with van der Waals surface area (Å²) >= 11 is 1.50. The van der Waals surface area contributed by atoms with Gasteiger partial charge in [-0.15, -0.1) is 10.2 Å². The number of nitrogens with two attached hydrogens (primary N) is 1. The van der Waals surface area contributed by atoms with Gasteiger partial charge < -0.3 is 10.5 Å². The predicted molar refractivity (Wildman–Crippen MR) is 64.5 cm³/mol. The van der Waals surface area contributed by atoms with Gasteiger partial charge in [0.2, 0.25) is 0 Å². The Kier molecular flexibility index (Phi) is 3.17. The molecule has 0 amide bonds. The second-order valence-corrected chi connectivity index (χ2v) is 4.47. The summed E-state index contributed by atoms with van der Waals surface area (Å²) in [4.78, 5) is 0. The van der Waals surface area contributed by atoms with Gasteiger partial charge in [-0.05, 0) is 19.1 Å². The SMILES string of the molecule is COc1ccc(C)cc1-c1nnc(CN)s1. The summed E-state index contributed by atoms with van der Waals surface area (Å²) in [5.41, 5.74) is 7.66. The van der Waals surface area contributed by atoms with Crippen molar-refractivity contribution < 1.29 is 4.74 Å². The van der Waals surface area contributed by atoms with Crippen molar-refractivity contribution in [3.8, 4) is 16.3 Å². The van der Waals surface area contributed by atoms with E-state index in [0.717, 1.165) is 21.3 Å². The smallest absolute Gasteiger partial charge is 0.151 e. The van der Waals surface area contributed by atoms with E-state index in [4.69, 9.17) is 10.5 Å². The van der Waals surface area contributed by atoms with Crippen LogP contribution in [0.5, 0.6) is 5.75 Å². The molecule has 0 saturated carbocycles. The molecule has 0 atom stereocenters. The second kappa shape index (κ2) is 4.59. The van der Waals surface area contributed by atoms with Gasteiger partial charge in [-0.3, -0.25) is 0 Å². The molecule has 0 aliphatic heterocycles. The molecule has 0 fully saturated rings. The van der Waals surface area contributed by atoms with E-state index in [9.17, 15) is 0 Å². The molecule has 0 saturated heterocycles. The molecule has 4 nitrogen and oxygen atoms in total. The van der Waals surface area contributed by atoms with E-state index in [1.807, 2.05) is 25.1 Å². The minimum Gasteiger partial charge on any atom is -0.496 e. The molecule has 5 heteroatoms. The van der Waals surface area contributed by atoms with Gasteiger partial charge in [-0.25, -0.2) is 0 Å². The van der Waals surface area contributed by atoms with Crippen molar-refractivity contribution in [2.75, 3.05) is 7.11 Å². The van der Waals surface area contributed by atoms with E-state index in [2.05, 4.69) is 10.2 Å². The van der Waals surface area contributed by atoms with Crippen LogP contribution in [-0.2, 0) is 6.54 Å². The molecular weight excluding hydrogens is 222 g/mol. The molecule has 1 aromatic carbocycles. The van der Waals surface area contributed by atoms with E-state index < -0.39 is 0 Å². The van der Waals surface area contributed by atoms with Crippen molar-refractivity contribution >= 4 is 11.3 Å². The summed E-state index contributed by atoms with van der Waals surface area (Å²) in [6, 6.07) is 5.99. The topological polar surface area (TPSA) is 61.0 Å². The van der Waals surface area contributed by atoms with Crippen LogP contribution in [0.2, 0.25) is 0 Å². The second-order valence-electron chi connectivity index (χ2n) is 3.41. The molecule has 0 bridgehead atoms. The molecular formula is C11H13N3OS. The number of hydrogen-bond donors (Lipinski definition) is 1. The third-order valence-electron chi connectivity index (χ3n) is 2.23. The Labute approximate surface area is 98.1 Å². The molecule has 2 aromatic rings. The first kappa shape index (κ1) is 11.0. The van der Waals surface area contributed by atoms with Gasteiger partial charge in [0.15, 0.2) is 5.01 Å². The van der Waals surface area contributed by atoms with Gasteiger partial charge >= 0.3 is 0 Å². The van der Waals surface area contributed by atoms with Crippen LogP contribution in [0, 0.1) is 6.92 Å². The molecule has 0 radical (unpaired) electrons. The summed E-state index contributed by atoms with van der Waals surface area (Å²) in [7, 11) is 1.65. The first-order valence-corrected chi connectivity index (χ1v) is 5.73. The van der Waals surface area contributed by atoms with E-state index in [1.54, 1.807) is 7.11 Å². The fourth-order valence-corrected chi connectivity index (χ4v) is 2.17. The Morgan fingerprint density at radius 2 is 2.19 bits per heavy atom. The highest BCUT2D eigenvalue weighted by atomic mass is 32.1. The lowest BCUT2D eigenvalue weighted by Crippen LogP contribution is -1.94. The van der Waals surface area contributed by atoms with Crippen LogP contribution in [0.15, 0.2) is 18.2 Å². The number of rotatable bonds is 3. The fraction of sp³-hybridized carbons (Fsp3) is 0.273. The minimum absolute atomic E-state index is 0.422. The molecule has 0 spiro atoms. The Bertz CT molecular complexity index is 496. The van der Waals surface area contributed by atoms with E-state index in [0.29, 0.717) is 6.54 Å². The molecule has 2 rings (SSSR count). The Hall–Kier alpha value is -1.46. The highest BCUT2D eigenvalue weighted by Crippen LogP contribution is 2.32. The lowest BCUT2D eigenvalue weighted by Gasteiger charge is -2.05. The van der Waals surface area contributed by atoms with Gasteiger partial charge in [0.1, 0.15) is 10.8 Å². The molecule has 0 aliphatic rings. The van der Waals surface area contributed by atoms with Crippen LogP contribution in [0.25, 0.3) is 10.6 Å². The predicted octanol–water partition coefficient (Wildman–Crippen LogP) is 1.98. The number of benzene rings is 1. The molecule has 2 N–H and O–H groups in total. The highest BCUT2D eigenvalue weighted by Gasteiger charge is 2.11. The third kappa shape index (κ3) is 2.05. The van der Waals surface area contributed by atoms with E-state index in [-0.39, 0.29) is 0 Å². The first-order chi connectivity index (χ1) is 7.74.